The summed E-state index contributed by atoms with van der Waals surface area (Å²) < 4.78 is 5.97. The van der Waals surface area contributed by atoms with Crippen molar-refractivity contribution in [2.75, 3.05) is 0 Å². The Balaban J connectivity index is 2.27. The molecule has 0 spiro atoms. The van der Waals surface area contributed by atoms with Crippen molar-refractivity contribution in [2.45, 2.75) is 5.33 Å². The lowest BCUT2D eigenvalue weighted by atomic mass is 10.2. The minimum absolute atomic E-state index is 0.0189. The van der Waals surface area contributed by atoms with E-state index in [2.05, 4.69) is 31.9 Å². The van der Waals surface area contributed by atoms with Crippen molar-refractivity contribution in [1.29, 1.82) is 0 Å². The van der Waals surface area contributed by atoms with E-state index in [9.17, 15) is 10.1 Å². The van der Waals surface area contributed by atoms with Gasteiger partial charge >= 0.3 is 0 Å². The molecule has 2 rings (SSSR count). The molecule has 0 aliphatic rings. The molecule has 0 unspecified atom stereocenters. The molecular formula is C13H9Br2NO3. The van der Waals surface area contributed by atoms with Gasteiger partial charge in [-0.05, 0) is 39.7 Å². The maximum Gasteiger partial charge on any atom is 0.287 e. The SMILES string of the molecule is O=[N+]([O-])c1cccc(Oc2ccc(CBr)cc2)c1Br. The van der Waals surface area contributed by atoms with Gasteiger partial charge in [0.1, 0.15) is 16.0 Å². The van der Waals surface area contributed by atoms with Crippen LogP contribution >= 0.6 is 31.9 Å². The molecule has 2 aromatic carbocycles. The van der Waals surface area contributed by atoms with Gasteiger partial charge in [0, 0.05) is 11.4 Å². The van der Waals surface area contributed by atoms with Crippen LogP contribution in [0.5, 0.6) is 11.5 Å². The first kappa shape index (κ1) is 14.0. The molecule has 4 nitrogen and oxygen atoms in total. The fraction of sp³-hybridized carbons (Fsp3) is 0.0769. The molecule has 19 heavy (non-hydrogen) atoms. The van der Waals surface area contributed by atoms with Crippen LogP contribution < -0.4 is 4.74 Å². The fourth-order valence-electron chi connectivity index (χ4n) is 1.49. The van der Waals surface area contributed by atoms with Crippen molar-refractivity contribution in [3.05, 3.63) is 62.6 Å². The van der Waals surface area contributed by atoms with Crippen molar-refractivity contribution in [1.82, 2.24) is 0 Å². The number of benzene rings is 2. The van der Waals surface area contributed by atoms with Crippen molar-refractivity contribution in [3.63, 3.8) is 0 Å². The highest BCUT2D eigenvalue weighted by Crippen LogP contribution is 2.36. The van der Waals surface area contributed by atoms with Gasteiger partial charge in [-0.1, -0.05) is 34.1 Å². The Morgan fingerprint density at radius 1 is 1.16 bits per heavy atom. The van der Waals surface area contributed by atoms with Crippen LogP contribution in [0.4, 0.5) is 5.69 Å². The van der Waals surface area contributed by atoms with Gasteiger partial charge in [-0.3, -0.25) is 10.1 Å². The number of ether oxygens (including phenoxy) is 1. The van der Waals surface area contributed by atoms with Crippen molar-refractivity contribution < 1.29 is 9.66 Å². The van der Waals surface area contributed by atoms with Gasteiger partial charge in [0.25, 0.3) is 5.69 Å². The third-order valence-electron chi connectivity index (χ3n) is 2.45. The van der Waals surface area contributed by atoms with E-state index in [0.29, 0.717) is 16.0 Å². The maximum atomic E-state index is 10.8. The normalized spacial score (nSPS) is 10.2. The van der Waals surface area contributed by atoms with E-state index in [1.807, 2.05) is 24.3 Å². The summed E-state index contributed by atoms with van der Waals surface area (Å²) in [6.45, 7) is 0. The number of nitro groups is 1. The van der Waals surface area contributed by atoms with Gasteiger partial charge in [-0.15, -0.1) is 0 Å². The lowest BCUT2D eigenvalue weighted by Crippen LogP contribution is -1.92. The Morgan fingerprint density at radius 2 is 1.84 bits per heavy atom. The predicted molar refractivity (Wildman–Crippen MR) is 79.9 cm³/mol. The summed E-state index contributed by atoms with van der Waals surface area (Å²) in [4.78, 5) is 10.4. The third kappa shape index (κ3) is 3.33. The van der Waals surface area contributed by atoms with Crippen LogP contribution in [0.2, 0.25) is 0 Å². The summed E-state index contributed by atoms with van der Waals surface area (Å²) in [5.41, 5.74) is 1.11. The van der Waals surface area contributed by atoms with Crippen LogP contribution in [-0.2, 0) is 5.33 Å². The molecule has 2 aromatic rings. The summed E-state index contributed by atoms with van der Waals surface area (Å²) in [6.07, 6.45) is 0. The first-order valence-corrected chi connectivity index (χ1v) is 7.29. The molecule has 0 radical (unpaired) electrons. The first-order chi connectivity index (χ1) is 9.11. The highest BCUT2D eigenvalue weighted by atomic mass is 79.9. The quantitative estimate of drug-likeness (QED) is 0.420. The van der Waals surface area contributed by atoms with Crippen LogP contribution in [0, 0.1) is 10.1 Å². The number of rotatable bonds is 4. The van der Waals surface area contributed by atoms with E-state index in [-0.39, 0.29) is 5.69 Å². The molecule has 0 N–H and O–H groups in total. The largest absolute Gasteiger partial charge is 0.456 e. The van der Waals surface area contributed by atoms with Crippen molar-refractivity contribution in [3.8, 4) is 11.5 Å². The van der Waals surface area contributed by atoms with Crippen LogP contribution in [0.1, 0.15) is 5.56 Å². The molecule has 0 amide bonds. The topological polar surface area (TPSA) is 52.4 Å². The standard InChI is InChI=1S/C13H9Br2NO3/c14-8-9-4-6-10(7-5-9)19-12-3-1-2-11(13(12)15)16(17)18/h1-7H,8H2. The number of hydrogen-bond donors (Lipinski definition) is 0. The molecule has 0 fully saturated rings. The fourth-order valence-corrected chi connectivity index (χ4v) is 2.36. The molecule has 0 saturated carbocycles. The van der Waals surface area contributed by atoms with E-state index >= 15 is 0 Å². The molecule has 6 heteroatoms. The van der Waals surface area contributed by atoms with E-state index in [0.717, 1.165) is 10.9 Å². The van der Waals surface area contributed by atoms with E-state index in [1.54, 1.807) is 12.1 Å². The predicted octanol–water partition coefficient (Wildman–Crippen LogP) is 5.04. The lowest BCUT2D eigenvalue weighted by molar-refractivity contribution is -0.385. The number of alkyl halides is 1. The molecule has 0 aliphatic carbocycles. The van der Waals surface area contributed by atoms with Gasteiger partial charge in [-0.2, -0.15) is 0 Å². The van der Waals surface area contributed by atoms with E-state index in [1.165, 1.54) is 6.07 Å². The molecule has 0 aliphatic heterocycles. The number of nitro benzene ring substituents is 1. The first-order valence-electron chi connectivity index (χ1n) is 5.37. The average molecular weight is 387 g/mol. The second kappa shape index (κ2) is 6.16. The second-order valence-electron chi connectivity index (χ2n) is 3.73. The molecule has 0 bridgehead atoms. The van der Waals surface area contributed by atoms with Gasteiger partial charge in [0.05, 0.1) is 4.92 Å². The Labute approximate surface area is 126 Å². The van der Waals surface area contributed by atoms with Gasteiger partial charge in [0.15, 0.2) is 0 Å². The Hall–Kier alpha value is -1.40. The lowest BCUT2D eigenvalue weighted by Gasteiger charge is -2.08. The second-order valence-corrected chi connectivity index (χ2v) is 5.08. The molecule has 98 valence electrons. The van der Waals surface area contributed by atoms with Crippen LogP contribution in [-0.4, -0.2) is 4.92 Å². The Kier molecular flexibility index (Phi) is 4.55. The Morgan fingerprint density at radius 3 is 2.42 bits per heavy atom. The zero-order valence-electron chi connectivity index (χ0n) is 9.68. The summed E-state index contributed by atoms with van der Waals surface area (Å²) in [5.74, 6) is 1.05. The average Bonchev–Trinajstić information content (AvgIpc) is 2.41. The van der Waals surface area contributed by atoms with Gasteiger partial charge < -0.3 is 4.74 Å². The van der Waals surface area contributed by atoms with Gasteiger partial charge in [0.2, 0.25) is 0 Å². The molecule has 0 heterocycles. The number of hydrogen-bond acceptors (Lipinski definition) is 3. The van der Waals surface area contributed by atoms with Crippen LogP contribution in [0.3, 0.4) is 0 Å². The Bertz CT molecular complexity index is 599. The molecule has 0 saturated heterocycles. The number of nitrogens with zero attached hydrogens (tertiary/aromatic N) is 1. The molecule has 0 atom stereocenters. The summed E-state index contributed by atoms with van der Waals surface area (Å²) >= 11 is 6.56. The zero-order valence-corrected chi connectivity index (χ0v) is 12.8. The van der Waals surface area contributed by atoms with Crippen LogP contribution in [0.15, 0.2) is 46.9 Å². The summed E-state index contributed by atoms with van der Waals surface area (Å²) in [7, 11) is 0. The zero-order chi connectivity index (χ0) is 13.8. The smallest absolute Gasteiger partial charge is 0.287 e. The van der Waals surface area contributed by atoms with Gasteiger partial charge in [-0.25, -0.2) is 0 Å². The molecular weight excluding hydrogens is 378 g/mol. The maximum absolute atomic E-state index is 10.8. The highest BCUT2D eigenvalue weighted by Gasteiger charge is 2.16. The summed E-state index contributed by atoms with van der Waals surface area (Å²) in [5, 5.41) is 11.6. The molecule has 0 aromatic heterocycles. The van der Waals surface area contributed by atoms with Crippen LogP contribution in [0.25, 0.3) is 0 Å². The van der Waals surface area contributed by atoms with Crippen molar-refractivity contribution >= 4 is 37.5 Å². The minimum atomic E-state index is -0.453. The van der Waals surface area contributed by atoms with E-state index in [4.69, 9.17) is 4.74 Å². The summed E-state index contributed by atoms with van der Waals surface area (Å²) in [6, 6.07) is 12.2. The third-order valence-corrected chi connectivity index (χ3v) is 3.89. The minimum Gasteiger partial charge on any atom is -0.456 e. The monoisotopic (exact) mass is 385 g/mol. The highest BCUT2D eigenvalue weighted by molar-refractivity contribution is 9.10. The van der Waals surface area contributed by atoms with E-state index < -0.39 is 4.92 Å². The number of halogens is 2. The van der Waals surface area contributed by atoms with Crippen molar-refractivity contribution in [2.24, 2.45) is 0 Å².